The van der Waals surface area contributed by atoms with E-state index in [4.69, 9.17) is 0 Å². The summed E-state index contributed by atoms with van der Waals surface area (Å²) in [5.41, 5.74) is -0.856. The van der Waals surface area contributed by atoms with E-state index in [9.17, 15) is 27.1 Å². The lowest BCUT2D eigenvalue weighted by Crippen LogP contribution is -2.38. The van der Waals surface area contributed by atoms with Crippen molar-refractivity contribution in [3.8, 4) is 0 Å². The molecule has 1 aliphatic heterocycles. The number of aliphatic hydroxyl groups excluding tert-OH is 1. The van der Waals surface area contributed by atoms with Crippen molar-refractivity contribution in [2.24, 2.45) is 0 Å². The smallest absolute Gasteiger partial charge is 0.200 e. The minimum Gasteiger partial charge on any atom is -0.392 e. The first-order valence-corrected chi connectivity index (χ1v) is 5.82. The highest BCUT2D eigenvalue weighted by atomic mass is 19.2. The molecule has 1 heterocycles. The zero-order valence-corrected chi connectivity index (χ0v) is 9.90. The van der Waals surface area contributed by atoms with Crippen LogP contribution in [0, 0.1) is 29.1 Å². The summed E-state index contributed by atoms with van der Waals surface area (Å²) in [5.74, 6) is -9.65. The van der Waals surface area contributed by atoms with Gasteiger partial charge in [-0.15, -0.1) is 0 Å². The van der Waals surface area contributed by atoms with Crippen molar-refractivity contribution >= 4 is 0 Å². The molecule has 7 heteroatoms. The highest BCUT2D eigenvalue weighted by Gasteiger charge is 2.28. The van der Waals surface area contributed by atoms with E-state index < -0.39 is 47.3 Å². The highest BCUT2D eigenvalue weighted by molar-refractivity contribution is 5.24. The summed E-state index contributed by atoms with van der Waals surface area (Å²) in [7, 11) is 0. The Morgan fingerprint density at radius 3 is 2.00 bits per heavy atom. The predicted octanol–water partition coefficient (Wildman–Crippen LogP) is 2.34. The first-order valence-electron chi connectivity index (χ1n) is 5.82. The topological polar surface area (TPSA) is 23.5 Å². The monoisotopic (exact) mass is 281 g/mol. The number of benzene rings is 1. The van der Waals surface area contributed by atoms with Gasteiger partial charge in [0.05, 0.1) is 6.10 Å². The second-order valence-electron chi connectivity index (χ2n) is 4.58. The predicted molar refractivity (Wildman–Crippen MR) is 56.7 cm³/mol. The van der Waals surface area contributed by atoms with E-state index in [1.165, 1.54) is 4.90 Å². The standard InChI is InChI=1S/C12H12F5NO/c13-8-7(5-18-3-1-2-6(19)4-18)9(14)11(16)12(17)10(8)15/h6,19H,1-5H2/t6-/m0/s1. The van der Waals surface area contributed by atoms with Gasteiger partial charge >= 0.3 is 0 Å². The van der Waals surface area contributed by atoms with Crippen LogP contribution in [0.5, 0.6) is 0 Å². The van der Waals surface area contributed by atoms with Gasteiger partial charge in [-0.05, 0) is 19.4 Å². The van der Waals surface area contributed by atoms with Gasteiger partial charge in [-0.2, -0.15) is 0 Å². The van der Waals surface area contributed by atoms with E-state index in [1.807, 2.05) is 0 Å². The molecule has 0 spiro atoms. The minimum atomic E-state index is -2.16. The van der Waals surface area contributed by atoms with Crippen molar-refractivity contribution in [2.75, 3.05) is 13.1 Å². The second kappa shape index (κ2) is 5.42. The normalized spacial score (nSPS) is 20.8. The Bertz CT molecular complexity index is 464. The summed E-state index contributed by atoms with van der Waals surface area (Å²) in [5, 5.41) is 9.41. The van der Waals surface area contributed by atoms with Crippen molar-refractivity contribution in [1.82, 2.24) is 4.90 Å². The SMILES string of the molecule is O[C@H]1CCCN(Cc2c(F)c(F)c(F)c(F)c2F)C1. The molecule has 0 bridgehead atoms. The van der Waals surface area contributed by atoms with Crippen LogP contribution in [0.3, 0.4) is 0 Å². The number of likely N-dealkylation sites (tertiary alicyclic amines) is 1. The molecule has 0 radical (unpaired) electrons. The van der Waals surface area contributed by atoms with E-state index in [-0.39, 0.29) is 6.54 Å². The van der Waals surface area contributed by atoms with Gasteiger partial charge in [-0.1, -0.05) is 0 Å². The third-order valence-corrected chi connectivity index (χ3v) is 3.16. The van der Waals surface area contributed by atoms with Crippen LogP contribution in [0.15, 0.2) is 0 Å². The molecule has 1 atom stereocenters. The third kappa shape index (κ3) is 2.71. The van der Waals surface area contributed by atoms with Crippen LogP contribution in [-0.2, 0) is 6.54 Å². The van der Waals surface area contributed by atoms with Crippen molar-refractivity contribution in [1.29, 1.82) is 0 Å². The zero-order chi connectivity index (χ0) is 14.2. The molecule has 2 rings (SSSR count). The lowest BCUT2D eigenvalue weighted by molar-refractivity contribution is 0.0653. The average molecular weight is 281 g/mol. The van der Waals surface area contributed by atoms with Gasteiger partial charge in [0.25, 0.3) is 0 Å². The quantitative estimate of drug-likeness (QED) is 0.511. The molecule has 106 valence electrons. The molecular formula is C12H12F5NO. The fourth-order valence-corrected chi connectivity index (χ4v) is 2.19. The number of nitrogens with zero attached hydrogens (tertiary/aromatic N) is 1. The van der Waals surface area contributed by atoms with Crippen LogP contribution < -0.4 is 0 Å². The summed E-state index contributed by atoms with van der Waals surface area (Å²) in [4.78, 5) is 1.46. The molecule has 1 fully saturated rings. The Morgan fingerprint density at radius 1 is 0.947 bits per heavy atom. The van der Waals surface area contributed by atoms with Gasteiger partial charge in [-0.3, -0.25) is 4.90 Å². The van der Waals surface area contributed by atoms with Crippen molar-refractivity contribution in [3.63, 3.8) is 0 Å². The first kappa shape index (κ1) is 14.2. The number of piperidine rings is 1. The fourth-order valence-electron chi connectivity index (χ4n) is 2.19. The molecule has 0 unspecified atom stereocenters. The van der Waals surface area contributed by atoms with Gasteiger partial charge in [-0.25, -0.2) is 22.0 Å². The summed E-state index contributed by atoms with van der Waals surface area (Å²) < 4.78 is 65.8. The van der Waals surface area contributed by atoms with Crippen LogP contribution in [0.4, 0.5) is 22.0 Å². The Hall–Kier alpha value is -1.21. The molecule has 0 amide bonds. The summed E-state index contributed by atoms with van der Waals surface area (Å²) in [6, 6.07) is 0. The lowest BCUT2D eigenvalue weighted by Gasteiger charge is -2.30. The maximum Gasteiger partial charge on any atom is 0.200 e. The van der Waals surface area contributed by atoms with Crippen LogP contribution >= 0.6 is 0 Å². The Kier molecular flexibility index (Phi) is 4.05. The zero-order valence-electron chi connectivity index (χ0n) is 9.90. The van der Waals surface area contributed by atoms with Crippen LogP contribution in [0.2, 0.25) is 0 Å². The molecule has 1 aliphatic rings. The highest BCUT2D eigenvalue weighted by Crippen LogP contribution is 2.25. The molecular weight excluding hydrogens is 269 g/mol. The van der Waals surface area contributed by atoms with E-state index in [0.717, 1.165) is 0 Å². The Balaban J connectivity index is 2.30. The van der Waals surface area contributed by atoms with Gasteiger partial charge in [0.1, 0.15) is 0 Å². The number of aliphatic hydroxyl groups is 1. The average Bonchev–Trinajstić information content (AvgIpc) is 2.39. The van der Waals surface area contributed by atoms with Crippen molar-refractivity contribution in [3.05, 3.63) is 34.6 Å². The van der Waals surface area contributed by atoms with E-state index >= 15 is 0 Å². The van der Waals surface area contributed by atoms with Crippen LogP contribution in [-0.4, -0.2) is 29.2 Å². The summed E-state index contributed by atoms with van der Waals surface area (Å²) >= 11 is 0. The largest absolute Gasteiger partial charge is 0.392 e. The molecule has 19 heavy (non-hydrogen) atoms. The van der Waals surface area contributed by atoms with Crippen LogP contribution in [0.25, 0.3) is 0 Å². The van der Waals surface area contributed by atoms with Gasteiger partial charge in [0, 0.05) is 18.7 Å². The maximum atomic E-state index is 13.4. The van der Waals surface area contributed by atoms with Gasteiger partial charge < -0.3 is 5.11 Å². The van der Waals surface area contributed by atoms with Crippen molar-refractivity contribution in [2.45, 2.75) is 25.5 Å². The number of halogens is 5. The summed E-state index contributed by atoms with van der Waals surface area (Å²) in [6.45, 7) is 0.179. The molecule has 0 aromatic heterocycles. The van der Waals surface area contributed by atoms with Crippen LogP contribution in [0.1, 0.15) is 18.4 Å². The molecule has 1 aromatic rings. The fraction of sp³-hybridized carbons (Fsp3) is 0.500. The Morgan fingerprint density at radius 2 is 1.47 bits per heavy atom. The van der Waals surface area contributed by atoms with E-state index in [1.54, 1.807) is 0 Å². The summed E-state index contributed by atoms with van der Waals surface area (Å²) in [6.07, 6.45) is 0.527. The molecule has 1 saturated heterocycles. The minimum absolute atomic E-state index is 0.152. The number of hydrogen-bond acceptors (Lipinski definition) is 2. The number of hydrogen-bond donors (Lipinski definition) is 1. The number of rotatable bonds is 2. The molecule has 0 aliphatic carbocycles. The lowest BCUT2D eigenvalue weighted by atomic mass is 10.1. The van der Waals surface area contributed by atoms with Crippen molar-refractivity contribution < 1.29 is 27.1 Å². The number of β-amino-alcohol motifs (C(OH)–C–C–N with tert-alkyl or cyclic N) is 1. The second-order valence-corrected chi connectivity index (χ2v) is 4.58. The molecule has 2 nitrogen and oxygen atoms in total. The Labute approximate surface area is 106 Å². The van der Waals surface area contributed by atoms with E-state index in [2.05, 4.69) is 0 Å². The molecule has 1 aromatic carbocycles. The van der Waals surface area contributed by atoms with E-state index in [0.29, 0.717) is 19.4 Å². The third-order valence-electron chi connectivity index (χ3n) is 3.16. The molecule has 1 N–H and O–H groups in total. The molecule has 0 saturated carbocycles. The van der Waals surface area contributed by atoms with Gasteiger partial charge in [0.2, 0.25) is 5.82 Å². The maximum absolute atomic E-state index is 13.4. The first-order chi connectivity index (χ1) is 8.91. The van der Waals surface area contributed by atoms with Gasteiger partial charge in [0.15, 0.2) is 23.3 Å².